The van der Waals surface area contributed by atoms with Crippen LogP contribution in [0.5, 0.6) is 0 Å². The van der Waals surface area contributed by atoms with Gasteiger partial charge in [0.2, 0.25) is 11.8 Å². The molecule has 0 saturated carbocycles. The molecule has 2 amide bonds. The molecule has 1 aromatic heterocycles. The minimum absolute atomic E-state index is 0.00459. The van der Waals surface area contributed by atoms with Gasteiger partial charge in [0.15, 0.2) is 11.4 Å². The summed E-state index contributed by atoms with van der Waals surface area (Å²) in [5, 5.41) is 15.8. The molecule has 3 N–H and O–H groups in total. The van der Waals surface area contributed by atoms with Crippen molar-refractivity contribution in [1.82, 2.24) is 15.3 Å². The number of benzene rings is 2. The number of carbonyl (C=O) groups excluding carboxylic acids is 2. The minimum atomic E-state index is -0.577. The number of aliphatic hydroxyl groups is 1. The molecule has 1 aliphatic rings. The van der Waals surface area contributed by atoms with Crippen LogP contribution in [-0.2, 0) is 25.7 Å². The second kappa shape index (κ2) is 15.5. The standard InChI is InChI=1S/C30H36N4O5S/c1-21(36)31-15-4-2-3-6-28(37)34-25-13-11-24(12-14-25)29-38-26(20-40-30-32-16-5-17-33-30)18-27(39-29)23-9-7-22(19-35)8-10-23/h5,7-14,16-17,26-27,29,35H,2-4,6,15,18-20H2,1H3,(H,31,36)(H,34,37)/t26-,27+,29+/m0/s1. The molecule has 0 bridgehead atoms. The Balaban J connectivity index is 1.35. The van der Waals surface area contributed by atoms with Gasteiger partial charge in [0.25, 0.3) is 0 Å². The summed E-state index contributed by atoms with van der Waals surface area (Å²) in [6.07, 6.45) is 6.20. The molecule has 0 unspecified atom stereocenters. The number of unbranched alkanes of at least 4 members (excludes halogenated alkanes) is 2. The van der Waals surface area contributed by atoms with E-state index in [4.69, 9.17) is 9.47 Å². The van der Waals surface area contributed by atoms with Crippen LogP contribution in [0.4, 0.5) is 5.69 Å². The van der Waals surface area contributed by atoms with Gasteiger partial charge < -0.3 is 25.2 Å². The zero-order valence-corrected chi connectivity index (χ0v) is 23.4. The van der Waals surface area contributed by atoms with Crippen molar-refractivity contribution in [3.8, 4) is 0 Å². The third-order valence-electron chi connectivity index (χ3n) is 6.48. The predicted molar refractivity (Wildman–Crippen MR) is 153 cm³/mol. The van der Waals surface area contributed by atoms with E-state index in [1.165, 1.54) is 6.92 Å². The summed E-state index contributed by atoms with van der Waals surface area (Å²) < 4.78 is 12.8. The lowest BCUT2D eigenvalue weighted by atomic mass is 10.0. The van der Waals surface area contributed by atoms with E-state index < -0.39 is 6.29 Å². The van der Waals surface area contributed by atoms with Crippen molar-refractivity contribution in [3.05, 3.63) is 83.7 Å². The number of carbonyl (C=O) groups is 2. The third kappa shape index (κ3) is 9.41. The number of hydrogen-bond donors (Lipinski definition) is 3. The first-order valence-corrected chi connectivity index (χ1v) is 14.5. The van der Waals surface area contributed by atoms with Gasteiger partial charge in [-0.15, -0.1) is 0 Å². The molecule has 3 atom stereocenters. The van der Waals surface area contributed by atoms with Crippen LogP contribution in [0.2, 0.25) is 0 Å². The number of aliphatic hydroxyl groups excluding tert-OH is 1. The molecule has 3 aromatic rings. The van der Waals surface area contributed by atoms with Crippen molar-refractivity contribution < 1.29 is 24.2 Å². The largest absolute Gasteiger partial charge is 0.392 e. The molecule has 1 aliphatic heterocycles. The molecule has 1 saturated heterocycles. The van der Waals surface area contributed by atoms with Crippen molar-refractivity contribution >= 4 is 29.3 Å². The molecule has 212 valence electrons. The van der Waals surface area contributed by atoms with E-state index >= 15 is 0 Å². The Bertz CT molecular complexity index is 1210. The number of ether oxygens (including phenoxy) is 2. The normalized spacial score (nSPS) is 18.7. The monoisotopic (exact) mass is 564 g/mol. The van der Waals surface area contributed by atoms with E-state index in [1.54, 1.807) is 30.2 Å². The summed E-state index contributed by atoms with van der Waals surface area (Å²) in [6, 6.07) is 17.1. The van der Waals surface area contributed by atoms with Gasteiger partial charge in [0.05, 0.1) is 18.8 Å². The van der Waals surface area contributed by atoms with Gasteiger partial charge in [-0.2, -0.15) is 0 Å². The third-order valence-corrected chi connectivity index (χ3v) is 7.48. The maximum absolute atomic E-state index is 12.4. The molecule has 0 aliphatic carbocycles. The van der Waals surface area contributed by atoms with E-state index in [-0.39, 0.29) is 30.6 Å². The number of nitrogens with one attached hydrogen (secondary N) is 2. The molecule has 4 rings (SSSR count). The zero-order chi connectivity index (χ0) is 28.2. The highest BCUT2D eigenvalue weighted by atomic mass is 32.2. The number of aromatic nitrogens is 2. The van der Waals surface area contributed by atoms with Crippen LogP contribution in [0.15, 0.2) is 72.1 Å². The maximum atomic E-state index is 12.4. The molecule has 1 fully saturated rings. The predicted octanol–water partition coefficient (Wildman–Crippen LogP) is 4.94. The Morgan fingerprint density at radius 2 is 1.70 bits per heavy atom. The van der Waals surface area contributed by atoms with Crippen LogP contribution in [0.1, 0.15) is 68.1 Å². The molecule has 2 aromatic carbocycles. The maximum Gasteiger partial charge on any atom is 0.224 e. The summed E-state index contributed by atoms with van der Waals surface area (Å²) in [6.45, 7) is 2.13. The summed E-state index contributed by atoms with van der Waals surface area (Å²) >= 11 is 1.55. The molecule has 10 heteroatoms. The SMILES string of the molecule is CC(=O)NCCCCCC(=O)Nc1ccc([C@@H]2O[C@H](CSc3ncccn3)C[C@H](c3ccc(CO)cc3)O2)cc1. The van der Waals surface area contributed by atoms with Crippen molar-refractivity contribution in [3.63, 3.8) is 0 Å². The van der Waals surface area contributed by atoms with Gasteiger partial charge in [0.1, 0.15) is 0 Å². The van der Waals surface area contributed by atoms with Gasteiger partial charge in [-0.3, -0.25) is 9.59 Å². The highest BCUT2D eigenvalue weighted by Gasteiger charge is 2.32. The lowest BCUT2D eigenvalue weighted by molar-refractivity contribution is -0.245. The molecule has 9 nitrogen and oxygen atoms in total. The second-order valence-electron chi connectivity index (χ2n) is 9.66. The number of nitrogens with zero attached hydrogens (tertiary/aromatic N) is 2. The van der Waals surface area contributed by atoms with Gasteiger partial charge in [-0.25, -0.2) is 9.97 Å². The van der Waals surface area contributed by atoms with Gasteiger partial charge in [-0.1, -0.05) is 54.6 Å². The highest BCUT2D eigenvalue weighted by molar-refractivity contribution is 7.99. The number of thioether (sulfide) groups is 1. The molecule has 0 radical (unpaired) electrons. The van der Waals surface area contributed by atoms with E-state index in [1.807, 2.05) is 48.5 Å². The van der Waals surface area contributed by atoms with Gasteiger partial charge in [0, 0.05) is 55.7 Å². The molecule has 40 heavy (non-hydrogen) atoms. The second-order valence-corrected chi connectivity index (χ2v) is 10.6. The van der Waals surface area contributed by atoms with E-state index in [9.17, 15) is 14.7 Å². The fraction of sp³-hybridized carbons (Fsp3) is 0.400. The first kappa shape index (κ1) is 29.7. The quantitative estimate of drug-likeness (QED) is 0.152. The number of amides is 2. The summed E-state index contributed by atoms with van der Waals surface area (Å²) in [5.74, 6) is 0.603. The van der Waals surface area contributed by atoms with Crippen molar-refractivity contribution in [2.24, 2.45) is 0 Å². The Kier molecular flexibility index (Phi) is 11.5. The first-order valence-electron chi connectivity index (χ1n) is 13.5. The van der Waals surface area contributed by atoms with Crippen LogP contribution in [0, 0.1) is 0 Å². The van der Waals surface area contributed by atoms with Crippen molar-refractivity contribution in [1.29, 1.82) is 0 Å². The molecular weight excluding hydrogens is 528 g/mol. The fourth-order valence-electron chi connectivity index (χ4n) is 4.35. The van der Waals surface area contributed by atoms with Crippen LogP contribution >= 0.6 is 11.8 Å². The first-order chi connectivity index (χ1) is 19.5. The summed E-state index contributed by atoms with van der Waals surface area (Å²) in [5.41, 5.74) is 3.45. The van der Waals surface area contributed by atoms with Crippen LogP contribution in [-0.4, -0.2) is 45.3 Å². The lowest BCUT2D eigenvalue weighted by Crippen LogP contribution is -2.31. The average Bonchev–Trinajstić information content (AvgIpc) is 2.98. The number of hydrogen-bond acceptors (Lipinski definition) is 8. The molecule has 2 heterocycles. The molecule has 0 spiro atoms. The van der Waals surface area contributed by atoms with Crippen LogP contribution < -0.4 is 10.6 Å². The highest BCUT2D eigenvalue weighted by Crippen LogP contribution is 2.39. The Morgan fingerprint density at radius 1 is 0.975 bits per heavy atom. The van der Waals surface area contributed by atoms with Crippen LogP contribution in [0.25, 0.3) is 0 Å². The average molecular weight is 565 g/mol. The Morgan fingerprint density at radius 3 is 2.40 bits per heavy atom. The van der Waals surface area contributed by atoms with Crippen molar-refractivity contribution in [2.75, 3.05) is 17.6 Å². The number of anilines is 1. The van der Waals surface area contributed by atoms with Crippen molar-refractivity contribution in [2.45, 2.75) is 69.3 Å². The fourth-order valence-corrected chi connectivity index (χ4v) is 5.17. The topological polar surface area (TPSA) is 123 Å². The number of rotatable bonds is 13. The summed E-state index contributed by atoms with van der Waals surface area (Å²) in [4.78, 5) is 31.9. The Hall–Kier alpha value is -3.31. The Labute approximate surface area is 239 Å². The zero-order valence-electron chi connectivity index (χ0n) is 22.6. The lowest BCUT2D eigenvalue weighted by Gasteiger charge is -2.36. The van der Waals surface area contributed by atoms with E-state index in [0.717, 1.165) is 36.0 Å². The van der Waals surface area contributed by atoms with E-state index in [2.05, 4.69) is 20.6 Å². The van der Waals surface area contributed by atoms with Gasteiger partial charge in [-0.05, 0) is 42.2 Å². The minimum Gasteiger partial charge on any atom is -0.392 e. The molecular formula is C30H36N4O5S. The van der Waals surface area contributed by atoms with Gasteiger partial charge >= 0.3 is 0 Å². The van der Waals surface area contributed by atoms with E-state index in [0.29, 0.717) is 36.0 Å². The summed E-state index contributed by atoms with van der Waals surface area (Å²) in [7, 11) is 0. The smallest absolute Gasteiger partial charge is 0.224 e. The van der Waals surface area contributed by atoms with Crippen LogP contribution in [0.3, 0.4) is 0 Å².